The maximum absolute atomic E-state index is 12.1. The number of nitrogens with one attached hydrogen (secondary N) is 1. The molecule has 0 saturated carbocycles. The number of aromatic amines is 1. The maximum atomic E-state index is 12.1. The molecule has 0 aromatic carbocycles. The first-order valence-electron chi connectivity index (χ1n) is 6.60. The van der Waals surface area contributed by atoms with Gasteiger partial charge in [0, 0.05) is 19.3 Å². The number of aliphatic hydroxyl groups is 2. The molecular formula is C13H18N4O4S. The molecule has 0 amide bonds. The number of hydrogen-bond donors (Lipinski definition) is 3. The van der Waals surface area contributed by atoms with Gasteiger partial charge < -0.3 is 14.8 Å². The minimum Gasteiger partial charge on any atom is -0.394 e. The van der Waals surface area contributed by atoms with Crippen molar-refractivity contribution in [3.8, 4) is 0 Å². The average Bonchev–Trinajstić information content (AvgIpc) is 2.80. The van der Waals surface area contributed by atoms with Crippen LogP contribution in [-0.2, 0) is 13.6 Å². The van der Waals surface area contributed by atoms with Crippen molar-refractivity contribution in [3.05, 3.63) is 33.0 Å². The van der Waals surface area contributed by atoms with Gasteiger partial charge in [-0.05, 0) is 6.92 Å². The zero-order chi connectivity index (χ0) is 16.4. The molecule has 9 heteroatoms. The lowest BCUT2D eigenvalue weighted by molar-refractivity contribution is 0.113. The summed E-state index contributed by atoms with van der Waals surface area (Å²) < 4.78 is 2.92. The van der Waals surface area contributed by atoms with Crippen molar-refractivity contribution in [1.29, 1.82) is 0 Å². The first kappa shape index (κ1) is 16.5. The quantitative estimate of drug-likeness (QED) is 0.485. The van der Waals surface area contributed by atoms with Gasteiger partial charge in [0.1, 0.15) is 0 Å². The molecular weight excluding hydrogens is 308 g/mol. The van der Waals surface area contributed by atoms with Crippen molar-refractivity contribution in [2.75, 3.05) is 12.4 Å². The Hall–Kier alpha value is -1.84. The van der Waals surface area contributed by atoms with Crippen molar-refractivity contribution in [3.63, 3.8) is 0 Å². The van der Waals surface area contributed by atoms with Crippen LogP contribution in [0.15, 0.2) is 26.9 Å². The van der Waals surface area contributed by atoms with Gasteiger partial charge in [0.25, 0.3) is 5.56 Å². The number of fused-ring (bicyclic) bond motifs is 1. The van der Waals surface area contributed by atoms with Crippen molar-refractivity contribution >= 4 is 22.9 Å². The Morgan fingerprint density at radius 1 is 1.50 bits per heavy atom. The molecule has 0 aliphatic heterocycles. The molecule has 0 aliphatic rings. The molecule has 1 atom stereocenters. The third-order valence-electron chi connectivity index (χ3n) is 3.02. The molecule has 22 heavy (non-hydrogen) atoms. The lowest BCUT2D eigenvalue weighted by Gasteiger charge is -2.09. The smallest absolute Gasteiger partial charge is 0.329 e. The number of aliphatic hydroxyl groups excluding tert-OH is 2. The van der Waals surface area contributed by atoms with E-state index in [1.54, 1.807) is 4.57 Å². The molecule has 0 spiro atoms. The highest BCUT2D eigenvalue weighted by atomic mass is 32.2. The van der Waals surface area contributed by atoms with E-state index in [1.165, 1.54) is 23.4 Å². The van der Waals surface area contributed by atoms with Crippen molar-refractivity contribution < 1.29 is 10.2 Å². The second-order valence-electron chi connectivity index (χ2n) is 5.08. The summed E-state index contributed by atoms with van der Waals surface area (Å²) in [4.78, 5) is 30.3. The molecule has 0 saturated heterocycles. The Labute approximate surface area is 130 Å². The van der Waals surface area contributed by atoms with E-state index in [0.717, 1.165) is 5.57 Å². The molecule has 8 nitrogen and oxygen atoms in total. The third kappa shape index (κ3) is 3.16. The maximum Gasteiger partial charge on any atom is 0.329 e. The highest BCUT2D eigenvalue weighted by Gasteiger charge is 2.18. The van der Waals surface area contributed by atoms with Crippen LogP contribution < -0.4 is 11.2 Å². The molecule has 2 heterocycles. The Morgan fingerprint density at radius 3 is 2.77 bits per heavy atom. The zero-order valence-electron chi connectivity index (χ0n) is 12.4. The number of aromatic nitrogens is 4. The number of hydrogen-bond acceptors (Lipinski definition) is 6. The van der Waals surface area contributed by atoms with E-state index in [9.17, 15) is 14.7 Å². The van der Waals surface area contributed by atoms with Gasteiger partial charge in [-0.1, -0.05) is 23.9 Å². The van der Waals surface area contributed by atoms with Crippen LogP contribution in [0.1, 0.15) is 6.92 Å². The molecule has 3 N–H and O–H groups in total. The van der Waals surface area contributed by atoms with E-state index in [1.807, 2.05) is 6.92 Å². The van der Waals surface area contributed by atoms with Crippen LogP contribution in [0.25, 0.3) is 11.2 Å². The average molecular weight is 326 g/mol. The first-order chi connectivity index (χ1) is 10.3. The predicted molar refractivity (Wildman–Crippen MR) is 84.2 cm³/mol. The standard InChI is InChI=1S/C13H18N4O4S/c1-7(2)4-17-9-10(16(3)12(21)15-11(9)20)14-13(17)22-6-8(19)5-18/h8,18-19H,1,4-6H2,2-3H3,(H,15,20,21). The number of H-pyrrole nitrogens is 1. The SMILES string of the molecule is C=C(C)Cn1c(SCC(O)CO)nc2c1c(=O)[nH]c(=O)n2C. The van der Waals surface area contributed by atoms with E-state index >= 15 is 0 Å². The van der Waals surface area contributed by atoms with Crippen molar-refractivity contribution in [2.45, 2.75) is 24.7 Å². The number of allylic oxidation sites excluding steroid dienone is 1. The van der Waals surface area contributed by atoms with Gasteiger partial charge in [0.05, 0.1) is 12.7 Å². The van der Waals surface area contributed by atoms with Crippen LogP contribution in [-0.4, -0.2) is 47.8 Å². The van der Waals surface area contributed by atoms with Gasteiger partial charge in [-0.2, -0.15) is 0 Å². The number of rotatable bonds is 6. The first-order valence-corrected chi connectivity index (χ1v) is 7.59. The monoisotopic (exact) mass is 326 g/mol. The van der Waals surface area contributed by atoms with Crippen LogP contribution >= 0.6 is 11.8 Å². The van der Waals surface area contributed by atoms with E-state index in [4.69, 9.17) is 5.11 Å². The van der Waals surface area contributed by atoms with Crippen LogP contribution in [0.5, 0.6) is 0 Å². The molecule has 2 aromatic heterocycles. The van der Waals surface area contributed by atoms with E-state index in [0.29, 0.717) is 11.7 Å². The predicted octanol–water partition coefficient (Wildman–Crippen LogP) is -0.555. The number of imidazole rings is 1. The Balaban J connectivity index is 2.61. The Kier molecular flexibility index (Phi) is 4.89. The van der Waals surface area contributed by atoms with Crippen LogP contribution in [0.3, 0.4) is 0 Å². The molecule has 0 fully saturated rings. The normalized spacial score (nSPS) is 12.7. The molecule has 2 aromatic rings. The Bertz CT molecular complexity index is 820. The molecule has 120 valence electrons. The molecule has 0 bridgehead atoms. The minimum atomic E-state index is -0.884. The second-order valence-corrected chi connectivity index (χ2v) is 6.06. The van der Waals surface area contributed by atoms with E-state index in [2.05, 4.69) is 16.5 Å². The summed E-state index contributed by atoms with van der Waals surface area (Å²) in [5.41, 5.74) is 0.324. The van der Waals surface area contributed by atoms with Gasteiger partial charge in [0.15, 0.2) is 16.3 Å². The fourth-order valence-electron chi connectivity index (χ4n) is 1.96. The van der Waals surface area contributed by atoms with E-state index in [-0.39, 0.29) is 23.5 Å². The van der Waals surface area contributed by atoms with Gasteiger partial charge in [-0.3, -0.25) is 14.3 Å². The van der Waals surface area contributed by atoms with E-state index < -0.39 is 17.4 Å². The Morgan fingerprint density at radius 2 is 2.18 bits per heavy atom. The minimum absolute atomic E-state index is 0.224. The summed E-state index contributed by atoms with van der Waals surface area (Å²) in [7, 11) is 1.52. The summed E-state index contributed by atoms with van der Waals surface area (Å²) in [6.45, 7) is 5.67. The number of nitrogens with zero attached hydrogens (tertiary/aromatic N) is 3. The van der Waals surface area contributed by atoms with Gasteiger partial charge in [-0.15, -0.1) is 0 Å². The highest BCUT2D eigenvalue weighted by molar-refractivity contribution is 7.99. The molecule has 0 aliphatic carbocycles. The summed E-state index contributed by atoms with van der Waals surface area (Å²) in [6, 6.07) is 0. The lowest BCUT2D eigenvalue weighted by atomic mass is 10.3. The number of aryl methyl sites for hydroxylation is 1. The molecule has 2 rings (SSSR count). The summed E-state index contributed by atoms with van der Waals surface area (Å²) in [6.07, 6.45) is -0.884. The van der Waals surface area contributed by atoms with Crippen molar-refractivity contribution in [1.82, 2.24) is 19.1 Å². The molecule has 1 unspecified atom stereocenters. The van der Waals surface area contributed by atoms with Gasteiger partial charge >= 0.3 is 5.69 Å². The largest absolute Gasteiger partial charge is 0.394 e. The summed E-state index contributed by atoms with van der Waals surface area (Å²) in [5, 5.41) is 18.8. The summed E-state index contributed by atoms with van der Waals surface area (Å²) in [5.74, 6) is 0.224. The zero-order valence-corrected chi connectivity index (χ0v) is 13.2. The van der Waals surface area contributed by atoms with Crippen LogP contribution in [0.4, 0.5) is 0 Å². The highest BCUT2D eigenvalue weighted by Crippen LogP contribution is 2.23. The van der Waals surface area contributed by atoms with Crippen molar-refractivity contribution in [2.24, 2.45) is 7.05 Å². The fraction of sp³-hybridized carbons (Fsp3) is 0.462. The number of thioether (sulfide) groups is 1. The lowest BCUT2D eigenvalue weighted by Crippen LogP contribution is -2.29. The summed E-state index contributed by atoms with van der Waals surface area (Å²) >= 11 is 1.20. The third-order valence-corrected chi connectivity index (χ3v) is 4.14. The van der Waals surface area contributed by atoms with Crippen LogP contribution in [0, 0.1) is 0 Å². The van der Waals surface area contributed by atoms with Gasteiger partial charge in [0.2, 0.25) is 0 Å². The molecule has 0 radical (unpaired) electrons. The van der Waals surface area contributed by atoms with Crippen LogP contribution in [0.2, 0.25) is 0 Å². The van der Waals surface area contributed by atoms with Gasteiger partial charge in [-0.25, -0.2) is 9.78 Å². The second kappa shape index (κ2) is 6.51. The fourth-order valence-corrected chi connectivity index (χ4v) is 2.87. The topological polar surface area (TPSA) is 113 Å².